The van der Waals surface area contributed by atoms with Gasteiger partial charge in [-0.05, 0) is 31.4 Å². The number of hydrogen-bond donors (Lipinski definition) is 1. The Kier molecular flexibility index (Phi) is 5.42. The molecule has 1 aromatic rings. The maximum atomic E-state index is 9.44. The summed E-state index contributed by atoms with van der Waals surface area (Å²) in [5, 5.41) is 9.44. The van der Waals surface area contributed by atoms with Crippen LogP contribution in [0, 0.1) is 5.92 Å². The van der Waals surface area contributed by atoms with Gasteiger partial charge in [0.05, 0.1) is 6.10 Å². The Bertz CT molecular complexity index is 321. The van der Waals surface area contributed by atoms with E-state index in [1.54, 1.807) is 13.1 Å². The van der Waals surface area contributed by atoms with Gasteiger partial charge in [-0.1, -0.05) is 26.3 Å². The van der Waals surface area contributed by atoms with E-state index in [0.29, 0.717) is 5.92 Å². The Morgan fingerprint density at radius 3 is 2.41 bits per heavy atom. The lowest BCUT2D eigenvalue weighted by molar-refractivity contribution is 0.199. The molecule has 3 nitrogen and oxygen atoms in total. The Morgan fingerprint density at radius 1 is 1.29 bits per heavy atom. The van der Waals surface area contributed by atoms with Crippen molar-refractivity contribution >= 4 is 5.82 Å². The van der Waals surface area contributed by atoms with Gasteiger partial charge in [-0.3, -0.25) is 0 Å². The van der Waals surface area contributed by atoms with Crippen molar-refractivity contribution in [2.45, 2.75) is 40.2 Å². The molecule has 0 bridgehead atoms. The number of pyridine rings is 1. The largest absolute Gasteiger partial charge is 0.389 e. The smallest absolute Gasteiger partial charge is 0.128 e. The third-order valence-electron chi connectivity index (χ3n) is 3.19. The van der Waals surface area contributed by atoms with E-state index in [9.17, 15) is 5.11 Å². The van der Waals surface area contributed by atoms with Crippen molar-refractivity contribution in [1.29, 1.82) is 0 Å². The summed E-state index contributed by atoms with van der Waals surface area (Å²) >= 11 is 0. The zero-order valence-electron chi connectivity index (χ0n) is 11.3. The number of aliphatic hydroxyl groups is 1. The molecule has 0 aliphatic heterocycles. The molecule has 96 valence electrons. The molecule has 3 heteroatoms. The highest BCUT2D eigenvalue weighted by molar-refractivity contribution is 5.39. The van der Waals surface area contributed by atoms with Crippen LogP contribution in [-0.2, 0) is 0 Å². The molecule has 2 atom stereocenters. The first-order valence-corrected chi connectivity index (χ1v) is 6.47. The SMILES string of the molecule is CCC(C)CN(CC)c1ccc(C(C)O)cn1. The Hall–Kier alpha value is -1.09. The van der Waals surface area contributed by atoms with Gasteiger partial charge < -0.3 is 10.0 Å². The molecule has 2 unspecified atom stereocenters. The van der Waals surface area contributed by atoms with E-state index in [0.717, 1.165) is 24.5 Å². The molecule has 0 aliphatic carbocycles. The average Bonchev–Trinajstić information content (AvgIpc) is 2.35. The lowest BCUT2D eigenvalue weighted by Gasteiger charge is -2.25. The van der Waals surface area contributed by atoms with E-state index >= 15 is 0 Å². The number of anilines is 1. The van der Waals surface area contributed by atoms with E-state index in [4.69, 9.17) is 0 Å². The monoisotopic (exact) mass is 236 g/mol. The van der Waals surface area contributed by atoms with Crippen molar-refractivity contribution in [2.24, 2.45) is 5.92 Å². The lowest BCUT2D eigenvalue weighted by Crippen LogP contribution is -2.28. The molecule has 1 rings (SSSR count). The van der Waals surface area contributed by atoms with E-state index in [1.165, 1.54) is 6.42 Å². The standard InChI is InChI=1S/C14H24N2O/c1-5-11(3)10-16(6-2)14-8-7-13(9-15-14)12(4)17/h7-9,11-12,17H,5-6,10H2,1-4H3. The highest BCUT2D eigenvalue weighted by Gasteiger charge is 2.10. The van der Waals surface area contributed by atoms with Gasteiger partial charge in [0, 0.05) is 19.3 Å². The third kappa shape index (κ3) is 4.00. The summed E-state index contributed by atoms with van der Waals surface area (Å²) in [6.07, 6.45) is 2.50. The molecule has 1 N–H and O–H groups in total. The Balaban J connectivity index is 2.75. The fraction of sp³-hybridized carbons (Fsp3) is 0.643. The van der Waals surface area contributed by atoms with Gasteiger partial charge in [0.2, 0.25) is 0 Å². The van der Waals surface area contributed by atoms with Crippen molar-refractivity contribution in [1.82, 2.24) is 4.98 Å². The molecule has 0 radical (unpaired) electrons. The highest BCUT2D eigenvalue weighted by Crippen LogP contribution is 2.17. The third-order valence-corrected chi connectivity index (χ3v) is 3.19. The summed E-state index contributed by atoms with van der Waals surface area (Å²) in [6, 6.07) is 3.94. The maximum absolute atomic E-state index is 9.44. The molecule has 0 saturated carbocycles. The molecule has 0 spiro atoms. The summed E-state index contributed by atoms with van der Waals surface area (Å²) in [5.41, 5.74) is 0.869. The number of aliphatic hydroxyl groups excluding tert-OH is 1. The second kappa shape index (κ2) is 6.60. The minimum atomic E-state index is -0.443. The quantitative estimate of drug-likeness (QED) is 0.825. The number of aromatic nitrogens is 1. The number of rotatable bonds is 6. The minimum Gasteiger partial charge on any atom is -0.389 e. The highest BCUT2D eigenvalue weighted by atomic mass is 16.3. The van der Waals surface area contributed by atoms with Gasteiger partial charge in [0.15, 0.2) is 0 Å². The molecular formula is C14H24N2O. The van der Waals surface area contributed by atoms with Crippen molar-refractivity contribution < 1.29 is 5.11 Å². The van der Waals surface area contributed by atoms with Crippen LogP contribution < -0.4 is 4.90 Å². The second-order valence-electron chi connectivity index (χ2n) is 4.68. The van der Waals surface area contributed by atoms with E-state index in [2.05, 4.69) is 30.7 Å². The first kappa shape index (κ1) is 14.0. The summed E-state index contributed by atoms with van der Waals surface area (Å²) < 4.78 is 0. The number of nitrogens with zero attached hydrogens (tertiary/aromatic N) is 2. The van der Waals surface area contributed by atoms with E-state index < -0.39 is 6.10 Å². The van der Waals surface area contributed by atoms with Crippen LogP contribution in [0.4, 0.5) is 5.82 Å². The molecular weight excluding hydrogens is 212 g/mol. The summed E-state index contributed by atoms with van der Waals surface area (Å²) in [4.78, 5) is 6.70. The predicted octanol–water partition coefficient (Wildman–Crippen LogP) is 3.01. The normalized spacial score (nSPS) is 14.4. The topological polar surface area (TPSA) is 36.4 Å². The van der Waals surface area contributed by atoms with Crippen LogP contribution in [0.1, 0.15) is 45.8 Å². The summed E-state index contributed by atoms with van der Waals surface area (Å²) in [5.74, 6) is 1.67. The van der Waals surface area contributed by atoms with Crippen LogP contribution >= 0.6 is 0 Å². The van der Waals surface area contributed by atoms with Crippen molar-refractivity contribution in [3.05, 3.63) is 23.9 Å². The van der Waals surface area contributed by atoms with Crippen LogP contribution in [0.15, 0.2) is 18.3 Å². The second-order valence-corrected chi connectivity index (χ2v) is 4.68. The number of hydrogen-bond acceptors (Lipinski definition) is 3. The average molecular weight is 236 g/mol. The van der Waals surface area contributed by atoms with Crippen LogP contribution in [-0.4, -0.2) is 23.2 Å². The lowest BCUT2D eigenvalue weighted by atomic mass is 10.1. The molecule has 0 saturated heterocycles. The summed E-state index contributed by atoms with van der Waals surface area (Å²) in [7, 11) is 0. The minimum absolute atomic E-state index is 0.443. The Labute approximate surface area is 104 Å². The van der Waals surface area contributed by atoms with Gasteiger partial charge in [-0.15, -0.1) is 0 Å². The van der Waals surface area contributed by atoms with Crippen LogP contribution in [0.5, 0.6) is 0 Å². The van der Waals surface area contributed by atoms with Gasteiger partial charge in [0.1, 0.15) is 5.82 Å². The van der Waals surface area contributed by atoms with Gasteiger partial charge >= 0.3 is 0 Å². The molecule has 0 aliphatic rings. The Morgan fingerprint density at radius 2 is 2.00 bits per heavy atom. The first-order chi connectivity index (χ1) is 8.08. The molecule has 1 aromatic heterocycles. The van der Waals surface area contributed by atoms with Crippen LogP contribution in [0.2, 0.25) is 0 Å². The zero-order valence-corrected chi connectivity index (χ0v) is 11.3. The van der Waals surface area contributed by atoms with Crippen molar-refractivity contribution in [3.8, 4) is 0 Å². The first-order valence-electron chi connectivity index (χ1n) is 6.47. The van der Waals surface area contributed by atoms with Gasteiger partial charge in [0.25, 0.3) is 0 Å². The van der Waals surface area contributed by atoms with Gasteiger partial charge in [-0.2, -0.15) is 0 Å². The van der Waals surface area contributed by atoms with Crippen molar-refractivity contribution in [3.63, 3.8) is 0 Å². The molecule has 1 heterocycles. The summed E-state index contributed by atoms with van der Waals surface area (Å²) in [6.45, 7) is 10.4. The van der Waals surface area contributed by atoms with Crippen LogP contribution in [0.3, 0.4) is 0 Å². The van der Waals surface area contributed by atoms with Crippen LogP contribution in [0.25, 0.3) is 0 Å². The van der Waals surface area contributed by atoms with Crippen molar-refractivity contribution in [2.75, 3.05) is 18.0 Å². The molecule has 17 heavy (non-hydrogen) atoms. The van der Waals surface area contributed by atoms with E-state index in [1.807, 2.05) is 12.1 Å². The fourth-order valence-electron chi connectivity index (χ4n) is 1.72. The van der Waals surface area contributed by atoms with E-state index in [-0.39, 0.29) is 0 Å². The van der Waals surface area contributed by atoms with Gasteiger partial charge in [-0.25, -0.2) is 4.98 Å². The predicted molar refractivity (Wildman–Crippen MR) is 72.2 cm³/mol. The maximum Gasteiger partial charge on any atom is 0.128 e. The molecule has 0 aromatic carbocycles. The fourth-order valence-corrected chi connectivity index (χ4v) is 1.72. The molecule has 0 amide bonds. The molecule has 0 fully saturated rings. The zero-order chi connectivity index (χ0) is 12.8.